The average Bonchev–Trinajstić information content (AvgIpc) is 3.34. The van der Waals surface area contributed by atoms with Gasteiger partial charge in [-0.05, 0) is 67.1 Å². The molecule has 170 valence electrons. The van der Waals surface area contributed by atoms with Gasteiger partial charge in [0.25, 0.3) is 0 Å². The van der Waals surface area contributed by atoms with Crippen LogP contribution in [0.1, 0.15) is 24.2 Å². The smallest absolute Gasteiger partial charge is 0.225 e. The highest BCUT2D eigenvalue weighted by Crippen LogP contribution is 2.53. The number of carbonyl (C=O) groups is 1. The Morgan fingerprint density at radius 2 is 2.00 bits per heavy atom. The second-order valence-electron chi connectivity index (χ2n) is 8.12. The van der Waals surface area contributed by atoms with Gasteiger partial charge < -0.3 is 14.2 Å². The molecule has 1 aromatic carbocycles. The Balaban J connectivity index is 1.64. The fraction of sp³-hybridized carbons (Fsp3) is 0.280. The minimum Gasteiger partial charge on any atom is -0.497 e. The molecule has 2 atom stereocenters. The van der Waals surface area contributed by atoms with Crippen LogP contribution in [0.15, 0.2) is 76.8 Å². The predicted octanol–water partition coefficient (Wildman–Crippen LogP) is 4.65. The molecule has 2 aromatic rings. The molecule has 5 rings (SSSR count). The van der Waals surface area contributed by atoms with Crippen LogP contribution in [0.25, 0.3) is 5.70 Å². The van der Waals surface area contributed by atoms with E-state index in [0.717, 1.165) is 33.6 Å². The van der Waals surface area contributed by atoms with E-state index >= 15 is 0 Å². The second-order valence-corrected chi connectivity index (χ2v) is 9.11. The Kier molecular flexibility index (Phi) is 5.22. The Hall–Kier alpha value is -3.23. The quantitative estimate of drug-likeness (QED) is 0.472. The van der Waals surface area contributed by atoms with Crippen molar-refractivity contribution in [1.82, 2.24) is 9.55 Å². The summed E-state index contributed by atoms with van der Waals surface area (Å²) in [7, 11) is 4.95. The van der Waals surface area contributed by atoms with Gasteiger partial charge in [-0.1, -0.05) is 18.2 Å². The molecule has 0 saturated heterocycles. The molecule has 0 N–H and O–H groups in total. The first-order chi connectivity index (χ1) is 15.9. The molecule has 0 bridgehead atoms. The number of hydrogen-bond acceptors (Lipinski definition) is 7. The number of methoxy groups -OCH3 is 3. The summed E-state index contributed by atoms with van der Waals surface area (Å²) in [4.78, 5) is 20.0. The van der Waals surface area contributed by atoms with Gasteiger partial charge in [-0.25, -0.2) is 4.98 Å². The maximum Gasteiger partial charge on any atom is 0.225 e. The van der Waals surface area contributed by atoms with Crippen molar-refractivity contribution in [2.24, 2.45) is 0 Å². The first-order valence-corrected chi connectivity index (χ1v) is 11.4. The van der Waals surface area contributed by atoms with Crippen molar-refractivity contribution in [3.05, 3.63) is 77.4 Å². The number of rotatable bonds is 5. The lowest BCUT2D eigenvalue weighted by Gasteiger charge is -2.41. The van der Waals surface area contributed by atoms with E-state index in [-0.39, 0.29) is 11.2 Å². The van der Waals surface area contributed by atoms with Crippen molar-refractivity contribution in [2.75, 3.05) is 26.2 Å². The Labute approximate surface area is 197 Å². The minimum atomic E-state index is -0.596. The summed E-state index contributed by atoms with van der Waals surface area (Å²) >= 11 is 1.15. The van der Waals surface area contributed by atoms with Gasteiger partial charge in [0.2, 0.25) is 11.1 Å². The first kappa shape index (κ1) is 21.6. The number of imidazole rings is 1. The van der Waals surface area contributed by atoms with Crippen molar-refractivity contribution < 1.29 is 19.0 Å². The van der Waals surface area contributed by atoms with E-state index < -0.39 is 5.54 Å². The SMILES string of the molecule is COC1=CC=CC23C=C(C)C(OC)C(C)=C2n2c(SC(=O)c4cccc(OC)c4)cnc2N13. The number of anilines is 1. The van der Waals surface area contributed by atoms with Crippen LogP contribution in [-0.2, 0) is 9.47 Å². The standard InChI is InChI=1S/C25H25N3O4S/c1-15-13-25-11-7-10-19(31-4)28(25)24-26-14-20(27(24)22(25)16(2)21(15)32-5)33-23(29)17-8-6-9-18(12-17)30-3/h6-14,21H,1-5H3. The van der Waals surface area contributed by atoms with Gasteiger partial charge in [0.05, 0.1) is 26.1 Å². The van der Waals surface area contributed by atoms with Gasteiger partial charge in [-0.3, -0.25) is 14.3 Å². The van der Waals surface area contributed by atoms with Gasteiger partial charge in [0.15, 0.2) is 5.88 Å². The molecule has 0 radical (unpaired) electrons. The molecule has 1 aliphatic carbocycles. The van der Waals surface area contributed by atoms with E-state index in [1.54, 1.807) is 39.7 Å². The number of benzene rings is 1. The fourth-order valence-corrected chi connectivity index (χ4v) is 5.80. The molecule has 0 fully saturated rings. The number of ether oxygens (including phenoxy) is 3. The van der Waals surface area contributed by atoms with Crippen LogP contribution in [0.5, 0.6) is 5.75 Å². The highest BCUT2D eigenvalue weighted by atomic mass is 32.2. The topological polar surface area (TPSA) is 65.8 Å². The lowest BCUT2D eigenvalue weighted by Crippen LogP contribution is -2.47. The second kappa shape index (κ2) is 7.97. The molecule has 33 heavy (non-hydrogen) atoms. The lowest BCUT2D eigenvalue weighted by molar-refractivity contribution is 0.108. The zero-order valence-electron chi connectivity index (χ0n) is 19.2. The number of nitrogens with zero attached hydrogens (tertiary/aromatic N) is 3. The molecule has 2 aliphatic heterocycles. The molecule has 1 spiro atoms. The third-order valence-corrected chi connectivity index (χ3v) is 7.19. The molecular formula is C25H25N3O4S. The Bertz CT molecular complexity index is 1270. The maximum atomic E-state index is 13.2. The monoisotopic (exact) mass is 463 g/mol. The van der Waals surface area contributed by atoms with E-state index in [4.69, 9.17) is 19.2 Å². The van der Waals surface area contributed by atoms with Crippen molar-refractivity contribution in [3.63, 3.8) is 0 Å². The van der Waals surface area contributed by atoms with Crippen LogP contribution < -0.4 is 9.64 Å². The normalized spacial score (nSPS) is 22.9. The summed E-state index contributed by atoms with van der Waals surface area (Å²) in [5, 5.41) is 0.644. The summed E-state index contributed by atoms with van der Waals surface area (Å²) in [5.41, 5.74) is 3.15. The van der Waals surface area contributed by atoms with Crippen molar-refractivity contribution in [2.45, 2.75) is 30.5 Å². The van der Waals surface area contributed by atoms with E-state index in [1.165, 1.54) is 0 Å². The van der Waals surface area contributed by atoms with Crippen molar-refractivity contribution >= 4 is 28.5 Å². The predicted molar refractivity (Wildman–Crippen MR) is 128 cm³/mol. The van der Waals surface area contributed by atoms with Crippen LogP contribution in [-0.4, -0.2) is 47.6 Å². The third-order valence-electron chi connectivity index (χ3n) is 6.27. The fourth-order valence-electron chi connectivity index (χ4n) is 4.99. The molecule has 0 amide bonds. The number of allylic oxidation sites excluding steroid dienone is 2. The third kappa shape index (κ3) is 3.08. The van der Waals surface area contributed by atoms with Crippen LogP contribution in [0, 0.1) is 0 Å². The van der Waals surface area contributed by atoms with Crippen LogP contribution in [0.2, 0.25) is 0 Å². The zero-order valence-corrected chi connectivity index (χ0v) is 20.0. The Morgan fingerprint density at radius 3 is 2.73 bits per heavy atom. The maximum absolute atomic E-state index is 13.2. The molecule has 3 heterocycles. The summed E-state index contributed by atoms with van der Waals surface area (Å²) in [5.74, 6) is 2.02. The molecule has 0 saturated carbocycles. The zero-order chi connectivity index (χ0) is 23.3. The number of thioether (sulfide) groups is 1. The Morgan fingerprint density at radius 1 is 1.18 bits per heavy atom. The average molecular weight is 464 g/mol. The highest BCUT2D eigenvalue weighted by Gasteiger charge is 2.53. The van der Waals surface area contributed by atoms with E-state index in [1.807, 2.05) is 24.3 Å². The van der Waals surface area contributed by atoms with Crippen LogP contribution >= 0.6 is 11.8 Å². The molecule has 2 unspecified atom stereocenters. The lowest BCUT2D eigenvalue weighted by atomic mass is 9.80. The molecule has 7 nitrogen and oxygen atoms in total. The molecule has 1 aromatic heterocycles. The van der Waals surface area contributed by atoms with E-state index in [2.05, 4.69) is 35.5 Å². The summed E-state index contributed by atoms with van der Waals surface area (Å²) < 4.78 is 18.9. The van der Waals surface area contributed by atoms with Gasteiger partial charge in [0, 0.05) is 12.7 Å². The van der Waals surface area contributed by atoms with Crippen molar-refractivity contribution in [1.29, 1.82) is 0 Å². The minimum absolute atomic E-state index is 0.0855. The molecule has 8 heteroatoms. The van der Waals surface area contributed by atoms with Gasteiger partial charge >= 0.3 is 0 Å². The van der Waals surface area contributed by atoms with Crippen LogP contribution in [0.3, 0.4) is 0 Å². The summed E-state index contributed by atoms with van der Waals surface area (Å²) in [6.07, 6.45) is 9.83. The number of fused-ring (bicyclic) bond motifs is 3. The van der Waals surface area contributed by atoms with Gasteiger partial charge in [-0.2, -0.15) is 0 Å². The van der Waals surface area contributed by atoms with Gasteiger partial charge in [0.1, 0.15) is 22.4 Å². The highest BCUT2D eigenvalue weighted by molar-refractivity contribution is 8.14. The van der Waals surface area contributed by atoms with E-state index in [9.17, 15) is 4.79 Å². The van der Waals surface area contributed by atoms with Crippen LogP contribution in [0.4, 0.5) is 5.95 Å². The summed E-state index contributed by atoms with van der Waals surface area (Å²) in [6, 6.07) is 7.17. The van der Waals surface area contributed by atoms with E-state index in [0.29, 0.717) is 23.1 Å². The number of hydrogen-bond donors (Lipinski definition) is 0. The first-order valence-electron chi connectivity index (χ1n) is 10.6. The number of aromatic nitrogens is 2. The largest absolute Gasteiger partial charge is 0.497 e. The molecule has 3 aliphatic rings. The molecular weight excluding hydrogens is 438 g/mol. The van der Waals surface area contributed by atoms with Crippen molar-refractivity contribution in [3.8, 4) is 5.75 Å². The number of carbonyl (C=O) groups excluding carboxylic acids is 1. The summed E-state index contributed by atoms with van der Waals surface area (Å²) in [6.45, 7) is 4.15. The van der Waals surface area contributed by atoms with Gasteiger partial charge in [-0.15, -0.1) is 0 Å².